The normalized spacial score (nSPS) is 20.8. The zero-order valence-corrected chi connectivity index (χ0v) is 20.3. The fourth-order valence-corrected chi connectivity index (χ4v) is 5.89. The lowest BCUT2D eigenvalue weighted by Gasteiger charge is -2.30. The van der Waals surface area contributed by atoms with Crippen molar-refractivity contribution in [3.05, 3.63) is 65.6 Å². The molecule has 182 valence electrons. The zero-order valence-electron chi connectivity index (χ0n) is 20.3. The lowest BCUT2D eigenvalue weighted by atomic mass is 10.0. The number of hydrogen-bond acceptors (Lipinski definition) is 3. The number of hydrogen-bond donors (Lipinski definition) is 0. The SMILES string of the molecule is O=C1/C(=C\c2cn(CN3CCCCC3)c3ccccc23)c2ccc(F)cc2N1CN1CCCCC1. The van der Waals surface area contributed by atoms with Crippen molar-refractivity contribution in [3.63, 3.8) is 0 Å². The van der Waals surface area contributed by atoms with E-state index in [1.807, 2.05) is 6.08 Å². The summed E-state index contributed by atoms with van der Waals surface area (Å²) in [6, 6.07) is 13.1. The van der Waals surface area contributed by atoms with Crippen molar-refractivity contribution in [2.75, 3.05) is 37.7 Å². The molecule has 6 rings (SSSR count). The molecule has 2 fully saturated rings. The summed E-state index contributed by atoms with van der Waals surface area (Å²) in [5.41, 5.74) is 4.37. The number of aromatic nitrogens is 1. The maximum Gasteiger partial charge on any atom is 0.260 e. The number of benzene rings is 2. The van der Waals surface area contributed by atoms with Gasteiger partial charge < -0.3 is 4.57 Å². The summed E-state index contributed by atoms with van der Waals surface area (Å²) in [4.78, 5) is 20.3. The molecule has 0 aliphatic carbocycles. The van der Waals surface area contributed by atoms with Crippen molar-refractivity contribution in [3.8, 4) is 0 Å². The number of piperidine rings is 2. The van der Waals surface area contributed by atoms with Crippen molar-refractivity contribution >= 4 is 34.1 Å². The van der Waals surface area contributed by atoms with Crippen LogP contribution in [0.4, 0.5) is 10.1 Å². The number of carbonyl (C=O) groups is 1. The van der Waals surface area contributed by atoms with Gasteiger partial charge in [0, 0.05) is 33.8 Å². The van der Waals surface area contributed by atoms with Crippen LogP contribution < -0.4 is 4.90 Å². The van der Waals surface area contributed by atoms with Crippen molar-refractivity contribution < 1.29 is 9.18 Å². The number of carbonyl (C=O) groups excluding carboxylic acids is 1. The van der Waals surface area contributed by atoms with Gasteiger partial charge in [-0.1, -0.05) is 31.0 Å². The summed E-state index contributed by atoms with van der Waals surface area (Å²) in [6.07, 6.45) is 11.6. The van der Waals surface area contributed by atoms with Crippen LogP contribution in [0, 0.1) is 5.82 Å². The van der Waals surface area contributed by atoms with Crippen LogP contribution in [0.25, 0.3) is 22.6 Å². The van der Waals surface area contributed by atoms with E-state index in [-0.39, 0.29) is 11.7 Å². The van der Waals surface area contributed by atoms with Crippen LogP contribution >= 0.6 is 0 Å². The first-order chi connectivity index (χ1) is 17.2. The van der Waals surface area contributed by atoms with Crippen molar-refractivity contribution in [1.29, 1.82) is 0 Å². The topological polar surface area (TPSA) is 31.7 Å². The summed E-state index contributed by atoms with van der Waals surface area (Å²) in [5.74, 6) is -0.344. The van der Waals surface area contributed by atoms with E-state index in [0.29, 0.717) is 17.9 Å². The molecule has 2 aromatic carbocycles. The van der Waals surface area contributed by atoms with Crippen molar-refractivity contribution in [2.24, 2.45) is 0 Å². The third-order valence-corrected chi connectivity index (χ3v) is 7.73. The second-order valence-corrected chi connectivity index (χ2v) is 10.2. The Kier molecular flexibility index (Phi) is 6.17. The molecule has 0 saturated carbocycles. The number of halogens is 1. The lowest BCUT2D eigenvalue weighted by Crippen LogP contribution is -2.42. The van der Waals surface area contributed by atoms with E-state index >= 15 is 0 Å². The molecule has 35 heavy (non-hydrogen) atoms. The molecule has 0 bridgehead atoms. The number of para-hydroxylation sites is 1. The second kappa shape index (κ2) is 9.59. The lowest BCUT2D eigenvalue weighted by molar-refractivity contribution is -0.113. The van der Waals surface area contributed by atoms with E-state index < -0.39 is 0 Å². The number of amides is 1. The molecule has 1 amide bonds. The number of anilines is 1. The van der Waals surface area contributed by atoms with Gasteiger partial charge in [0.05, 0.1) is 19.0 Å². The van der Waals surface area contributed by atoms with Gasteiger partial charge in [-0.2, -0.15) is 0 Å². The van der Waals surface area contributed by atoms with Gasteiger partial charge in [-0.05, 0) is 82.2 Å². The van der Waals surface area contributed by atoms with Crippen LogP contribution in [-0.2, 0) is 11.5 Å². The predicted octanol–water partition coefficient (Wildman–Crippen LogP) is 5.55. The maximum atomic E-state index is 14.3. The van der Waals surface area contributed by atoms with Gasteiger partial charge in [-0.3, -0.25) is 19.5 Å². The Morgan fingerprint density at radius 1 is 0.829 bits per heavy atom. The number of nitrogens with zero attached hydrogens (tertiary/aromatic N) is 4. The van der Waals surface area contributed by atoms with Gasteiger partial charge in [0.15, 0.2) is 0 Å². The molecular formula is C29H33FN4O. The monoisotopic (exact) mass is 472 g/mol. The number of fused-ring (bicyclic) bond motifs is 2. The molecule has 0 unspecified atom stereocenters. The van der Waals surface area contributed by atoms with Crippen LogP contribution in [0.2, 0.25) is 0 Å². The van der Waals surface area contributed by atoms with Gasteiger partial charge in [0.25, 0.3) is 5.91 Å². The first kappa shape index (κ1) is 22.5. The number of rotatable bonds is 5. The third-order valence-electron chi connectivity index (χ3n) is 7.73. The van der Waals surface area contributed by atoms with E-state index in [1.165, 1.54) is 43.3 Å². The quantitative estimate of drug-likeness (QED) is 0.456. The summed E-state index contributed by atoms with van der Waals surface area (Å²) in [5, 5.41) is 1.14. The number of likely N-dealkylation sites (tertiary alicyclic amines) is 2. The van der Waals surface area contributed by atoms with E-state index in [2.05, 4.69) is 44.8 Å². The molecule has 3 aliphatic heterocycles. The summed E-state index contributed by atoms with van der Waals surface area (Å²) in [7, 11) is 0. The molecular weight excluding hydrogens is 439 g/mol. The van der Waals surface area contributed by atoms with Gasteiger partial charge in [-0.25, -0.2) is 4.39 Å². The molecule has 1 aromatic heterocycles. The van der Waals surface area contributed by atoms with Crippen LogP contribution in [0.15, 0.2) is 48.7 Å². The van der Waals surface area contributed by atoms with Gasteiger partial charge in [-0.15, -0.1) is 0 Å². The fourth-order valence-electron chi connectivity index (χ4n) is 5.89. The highest BCUT2D eigenvalue weighted by Gasteiger charge is 2.34. The van der Waals surface area contributed by atoms with Gasteiger partial charge >= 0.3 is 0 Å². The van der Waals surface area contributed by atoms with Crippen LogP contribution in [0.1, 0.15) is 49.7 Å². The minimum Gasteiger partial charge on any atom is -0.333 e. The Labute approximate surface area is 206 Å². The average molecular weight is 473 g/mol. The Hall–Kier alpha value is -2.96. The van der Waals surface area contributed by atoms with Crippen molar-refractivity contribution in [1.82, 2.24) is 14.4 Å². The largest absolute Gasteiger partial charge is 0.333 e. The van der Waals surface area contributed by atoms with Crippen LogP contribution in [0.3, 0.4) is 0 Å². The predicted molar refractivity (Wildman–Crippen MR) is 139 cm³/mol. The highest BCUT2D eigenvalue weighted by molar-refractivity contribution is 6.36. The minimum absolute atomic E-state index is 0.0379. The molecule has 6 heteroatoms. The Bertz CT molecular complexity index is 1270. The molecule has 3 aromatic rings. The maximum absolute atomic E-state index is 14.3. The first-order valence-corrected chi connectivity index (χ1v) is 13.0. The third kappa shape index (κ3) is 4.41. The summed E-state index contributed by atoms with van der Waals surface area (Å²) >= 11 is 0. The van der Waals surface area contributed by atoms with E-state index in [0.717, 1.165) is 62.2 Å². The molecule has 0 spiro atoms. The van der Waals surface area contributed by atoms with Crippen LogP contribution in [0.5, 0.6) is 0 Å². The standard InChI is InChI=1S/C29H33FN4O/c30-23-11-12-25-26(29(35)34(28(25)18-23)21-32-15-7-2-8-16-32)17-22-19-33(20-31-13-5-1-6-14-31)27-10-4-3-9-24(22)27/h3-4,9-12,17-19H,1-2,5-8,13-16,20-21H2/b26-17-. The molecule has 3 aliphatic rings. The molecule has 0 radical (unpaired) electrons. The molecule has 4 heterocycles. The van der Waals surface area contributed by atoms with E-state index in [1.54, 1.807) is 11.0 Å². The molecule has 0 N–H and O–H groups in total. The van der Waals surface area contributed by atoms with E-state index in [9.17, 15) is 9.18 Å². The Morgan fingerprint density at radius 2 is 1.51 bits per heavy atom. The zero-order chi connectivity index (χ0) is 23.8. The summed E-state index contributed by atoms with van der Waals surface area (Å²) in [6.45, 7) is 5.61. The summed E-state index contributed by atoms with van der Waals surface area (Å²) < 4.78 is 16.6. The van der Waals surface area contributed by atoms with Crippen LogP contribution in [-0.4, -0.2) is 53.1 Å². The Morgan fingerprint density at radius 3 is 2.26 bits per heavy atom. The fraction of sp³-hybridized carbons (Fsp3) is 0.414. The second-order valence-electron chi connectivity index (χ2n) is 10.2. The van der Waals surface area contributed by atoms with Gasteiger partial charge in [0.1, 0.15) is 5.82 Å². The highest BCUT2D eigenvalue weighted by atomic mass is 19.1. The smallest absolute Gasteiger partial charge is 0.260 e. The molecule has 5 nitrogen and oxygen atoms in total. The van der Waals surface area contributed by atoms with Gasteiger partial charge in [0.2, 0.25) is 0 Å². The van der Waals surface area contributed by atoms with Crippen molar-refractivity contribution in [2.45, 2.75) is 45.2 Å². The average Bonchev–Trinajstić information content (AvgIpc) is 3.35. The van der Waals surface area contributed by atoms with E-state index in [4.69, 9.17) is 0 Å². The Balaban J connectivity index is 1.37. The molecule has 2 saturated heterocycles. The molecule has 0 atom stereocenters. The highest BCUT2D eigenvalue weighted by Crippen LogP contribution is 2.39. The minimum atomic E-state index is -0.306. The first-order valence-electron chi connectivity index (χ1n) is 13.0.